The monoisotopic (exact) mass is 383 g/mol. The van der Waals surface area contributed by atoms with Gasteiger partial charge >= 0.3 is 0 Å². The molecular formula is C23H33N3O2. The van der Waals surface area contributed by atoms with E-state index in [2.05, 4.69) is 41.6 Å². The largest absolute Gasteiger partial charge is 0.389 e. The van der Waals surface area contributed by atoms with Gasteiger partial charge in [-0.1, -0.05) is 54.6 Å². The molecule has 0 aliphatic heterocycles. The molecule has 0 saturated carbocycles. The number of aliphatic hydroxyl groups is 1. The number of guanidine groups is 1. The zero-order valence-corrected chi connectivity index (χ0v) is 17.4. The highest BCUT2D eigenvalue weighted by molar-refractivity contribution is 5.80. The molecule has 0 amide bonds. The van der Waals surface area contributed by atoms with Crippen molar-refractivity contribution < 1.29 is 9.84 Å². The molecule has 152 valence electrons. The van der Waals surface area contributed by atoms with E-state index in [0.29, 0.717) is 5.96 Å². The number of hydrogen-bond acceptors (Lipinski definition) is 3. The van der Waals surface area contributed by atoms with Crippen molar-refractivity contribution in [1.29, 1.82) is 0 Å². The van der Waals surface area contributed by atoms with Crippen LogP contribution in [0.3, 0.4) is 0 Å². The summed E-state index contributed by atoms with van der Waals surface area (Å²) in [7, 11) is 0. The lowest BCUT2D eigenvalue weighted by atomic mass is 10.0. The van der Waals surface area contributed by atoms with Crippen molar-refractivity contribution in [1.82, 2.24) is 10.6 Å². The molecule has 5 heteroatoms. The average molecular weight is 384 g/mol. The van der Waals surface area contributed by atoms with Crippen LogP contribution < -0.4 is 10.6 Å². The van der Waals surface area contributed by atoms with Crippen LogP contribution in [0.2, 0.25) is 0 Å². The molecule has 0 fully saturated rings. The van der Waals surface area contributed by atoms with E-state index in [1.807, 2.05) is 56.3 Å². The van der Waals surface area contributed by atoms with Gasteiger partial charge in [-0.25, -0.2) is 0 Å². The van der Waals surface area contributed by atoms with Gasteiger partial charge in [0.05, 0.1) is 31.4 Å². The van der Waals surface area contributed by atoms with Crippen molar-refractivity contribution in [2.45, 2.75) is 45.9 Å². The van der Waals surface area contributed by atoms with Crippen LogP contribution in [0.4, 0.5) is 0 Å². The zero-order chi connectivity index (χ0) is 20.4. The number of nitrogens with one attached hydrogen (secondary N) is 2. The molecule has 0 heterocycles. The molecule has 3 N–H and O–H groups in total. The third-order valence-corrected chi connectivity index (χ3v) is 4.62. The number of rotatable bonds is 9. The van der Waals surface area contributed by atoms with E-state index < -0.39 is 6.10 Å². The summed E-state index contributed by atoms with van der Waals surface area (Å²) >= 11 is 0. The topological polar surface area (TPSA) is 65.9 Å². The Morgan fingerprint density at radius 2 is 1.75 bits per heavy atom. The molecule has 28 heavy (non-hydrogen) atoms. The Bertz CT molecular complexity index is 734. The van der Waals surface area contributed by atoms with E-state index in [9.17, 15) is 5.11 Å². The van der Waals surface area contributed by atoms with Gasteiger partial charge < -0.3 is 20.5 Å². The van der Waals surface area contributed by atoms with Gasteiger partial charge in [-0.15, -0.1) is 0 Å². The second-order valence-electron chi connectivity index (χ2n) is 6.98. The summed E-state index contributed by atoms with van der Waals surface area (Å²) in [6, 6.07) is 18.4. The number of aliphatic hydroxyl groups excluding tert-OH is 1. The molecule has 0 aromatic heterocycles. The summed E-state index contributed by atoms with van der Waals surface area (Å²) in [6.07, 6.45) is -0.720. The van der Waals surface area contributed by atoms with Crippen molar-refractivity contribution in [3.05, 3.63) is 71.3 Å². The second-order valence-corrected chi connectivity index (χ2v) is 6.98. The molecule has 0 saturated heterocycles. The molecule has 2 aromatic carbocycles. The summed E-state index contributed by atoms with van der Waals surface area (Å²) in [5.41, 5.74) is 3.57. The smallest absolute Gasteiger partial charge is 0.191 e. The van der Waals surface area contributed by atoms with E-state index >= 15 is 0 Å². The van der Waals surface area contributed by atoms with Crippen molar-refractivity contribution >= 4 is 5.96 Å². The van der Waals surface area contributed by atoms with Gasteiger partial charge in [-0.3, -0.25) is 4.99 Å². The van der Waals surface area contributed by atoms with Crippen LogP contribution >= 0.6 is 0 Å². The lowest BCUT2D eigenvalue weighted by molar-refractivity contribution is 0.00111. The first kappa shape index (κ1) is 21.9. The van der Waals surface area contributed by atoms with Gasteiger partial charge in [0.1, 0.15) is 0 Å². The maximum atomic E-state index is 10.3. The van der Waals surface area contributed by atoms with E-state index in [1.54, 1.807) is 0 Å². The third kappa shape index (κ3) is 6.98. The summed E-state index contributed by atoms with van der Waals surface area (Å²) in [5.74, 6) is 0.688. The van der Waals surface area contributed by atoms with Gasteiger partial charge in [0.15, 0.2) is 5.96 Å². The Morgan fingerprint density at radius 1 is 1.07 bits per heavy atom. The van der Waals surface area contributed by atoms with Gasteiger partial charge in [-0.2, -0.15) is 0 Å². The van der Waals surface area contributed by atoms with Crippen LogP contribution in [0.5, 0.6) is 0 Å². The average Bonchev–Trinajstić information content (AvgIpc) is 2.71. The minimum absolute atomic E-state index is 0.0627. The lowest BCUT2D eigenvalue weighted by Crippen LogP contribution is -2.39. The zero-order valence-electron chi connectivity index (χ0n) is 17.4. The highest BCUT2D eigenvalue weighted by atomic mass is 16.5. The first-order valence-corrected chi connectivity index (χ1v) is 9.96. The van der Waals surface area contributed by atoms with Gasteiger partial charge in [-0.05, 0) is 44.4 Å². The van der Waals surface area contributed by atoms with Crippen LogP contribution in [0.1, 0.15) is 49.6 Å². The van der Waals surface area contributed by atoms with Gasteiger partial charge in [0, 0.05) is 6.54 Å². The maximum absolute atomic E-state index is 10.3. The summed E-state index contributed by atoms with van der Waals surface area (Å²) in [4.78, 5) is 4.52. The molecule has 0 aliphatic rings. The molecule has 5 nitrogen and oxygen atoms in total. The summed E-state index contributed by atoms with van der Waals surface area (Å²) in [5, 5.41) is 16.9. The Hall–Kier alpha value is -2.37. The summed E-state index contributed by atoms with van der Waals surface area (Å²) in [6.45, 7) is 9.49. The van der Waals surface area contributed by atoms with Gasteiger partial charge in [0.2, 0.25) is 0 Å². The number of benzene rings is 2. The van der Waals surface area contributed by atoms with E-state index in [0.717, 1.165) is 12.1 Å². The van der Waals surface area contributed by atoms with Crippen LogP contribution in [0.25, 0.3) is 0 Å². The second kappa shape index (κ2) is 11.5. The predicted octanol–water partition coefficient (Wildman–Crippen LogP) is 3.75. The highest BCUT2D eigenvalue weighted by Crippen LogP contribution is 2.17. The van der Waals surface area contributed by atoms with Crippen molar-refractivity contribution in [3.63, 3.8) is 0 Å². The van der Waals surface area contributed by atoms with E-state index in [1.165, 1.54) is 11.1 Å². The quantitative estimate of drug-likeness (QED) is 0.456. The molecule has 2 aromatic rings. The fraction of sp³-hybridized carbons (Fsp3) is 0.435. The Morgan fingerprint density at radius 3 is 2.43 bits per heavy atom. The molecule has 3 atom stereocenters. The summed E-state index contributed by atoms with van der Waals surface area (Å²) < 4.78 is 5.79. The maximum Gasteiger partial charge on any atom is 0.191 e. The van der Waals surface area contributed by atoms with Crippen LogP contribution in [0, 0.1) is 6.92 Å². The number of hydrogen-bond donors (Lipinski definition) is 3. The molecule has 0 spiro atoms. The Labute approximate surface area is 168 Å². The Kier molecular flexibility index (Phi) is 8.98. The van der Waals surface area contributed by atoms with Crippen molar-refractivity contribution in [2.24, 2.45) is 4.99 Å². The SMILES string of the molecule is CCNC(=NCC(O)COC(C)c1ccccc1)NC(C)c1ccccc1C. The highest BCUT2D eigenvalue weighted by Gasteiger charge is 2.12. The van der Waals surface area contributed by atoms with Crippen LogP contribution in [-0.2, 0) is 4.74 Å². The van der Waals surface area contributed by atoms with Crippen LogP contribution in [-0.4, -0.2) is 36.9 Å². The molecule has 3 unspecified atom stereocenters. The minimum atomic E-state index is -0.657. The number of nitrogens with zero attached hydrogens (tertiary/aromatic N) is 1. The lowest BCUT2D eigenvalue weighted by Gasteiger charge is -2.20. The molecule has 2 rings (SSSR count). The standard InChI is InChI=1S/C23H33N3O2/c1-5-24-23(26-18(3)22-14-10-9-11-17(22)2)25-15-21(27)16-28-19(4)20-12-7-6-8-13-20/h6-14,18-19,21,27H,5,15-16H2,1-4H3,(H2,24,25,26). The Balaban J connectivity index is 1.88. The third-order valence-electron chi connectivity index (χ3n) is 4.62. The van der Waals surface area contributed by atoms with Crippen molar-refractivity contribution in [2.75, 3.05) is 19.7 Å². The minimum Gasteiger partial charge on any atom is -0.389 e. The fourth-order valence-corrected chi connectivity index (χ4v) is 3.00. The normalized spacial score (nSPS) is 15.0. The number of aryl methyl sites for hydroxylation is 1. The predicted molar refractivity (Wildman–Crippen MR) is 116 cm³/mol. The molecule has 0 bridgehead atoms. The number of ether oxygens (including phenoxy) is 1. The van der Waals surface area contributed by atoms with Gasteiger partial charge in [0.25, 0.3) is 0 Å². The van der Waals surface area contributed by atoms with E-state index in [-0.39, 0.29) is 25.3 Å². The first-order chi connectivity index (χ1) is 13.5. The first-order valence-electron chi connectivity index (χ1n) is 9.96. The van der Waals surface area contributed by atoms with Crippen molar-refractivity contribution in [3.8, 4) is 0 Å². The molecule has 0 radical (unpaired) electrons. The number of aliphatic imine (C=N–C) groups is 1. The van der Waals surface area contributed by atoms with E-state index in [4.69, 9.17) is 4.74 Å². The van der Waals surface area contributed by atoms with Crippen LogP contribution in [0.15, 0.2) is 59.6 Å². The molecule has 0 aliphatic carbocycles. The fourth-order valence-electron chi connectivity index (χ4n) is 3.00. The molecular weight excluding hydrogens is 350 g/mol.